The summed E-state index contributed by atoms with van der Waals surface area (Å²) in [4.78, 5) is 12.6. The molecule has 128 valence electrons. The van der Waals surface area contributed by atoms with Crippen molar-refractivity contribution in [1.29, 1.82) is 0 Å². The van der Waals surface area contributed by atoms with Crippen LogP contribution >= 0.6 is 0 Å². The van der Waals surface area contributed by atoms with Gasteiger partial charge in [0.15, 0.2) is 5.78 Å². The SMILES string of the molecule is CC(C)c1ccc(/C=C/C(=O)c2ccc3c(c2)Cc2ccccc2-3)cc1. The topological polar surface area (TPSA) is 17.1 Å². The molecule has 1 aliphatic rings. The van der Waals surface area contributed by atoms with Gasteiger partial charge in [-0.2, -0.15) is 0 Å². The normalized spacial score (nSPS) is 12.4. The standard InChI is InChI=1S/C25H22O/c1-17(2)19-10-7-18(8-11-19)9-14-25(26)21-12-13-24-22(16-21)15-20-5-3-4-6-23(20)24/h3-14,16-17H,15H2,1-2H3/b14-9+. The summed E-state index contributed by atoms with van der Waals surface area (Å²) in [5.74, 6) is 0.571. The van der Waals surface area contributed by atoms with Gasteiger partial charge in [-0.1, -0.05) is 80.6 Å². The van der Waals surface area contributed by atoms with Crippen molar-refractivity contribution in [3.63, 3.8) is 0 Å². The molecule has 0 saturated heterocycles. The van der Waals surface area contributed by atoms with Crippen LogP contribution in [0.1, 0.15) is 52.4 Å². The molecule has 1 heteroatoms. The number of ketones is 1. The second kappa shape index (κ2) is 6.76. The van der Waals surface area contributed by atoms with Gasteiger partial charge in [-0.05, 0) is 57.9 Å². The highest BCUT2D eigenvalue weighted by molar-refractivity contribution is 6.07. The second-order valence-corrected chi connectivity index (χ2v) is 7.22. The summed E-state index contributed by atoms with van der Waals surface area (Å²) in [6, 6.07) is 22.9. The number of fused-ring (bicyclic) bond motifs is 3. The lowest BCUT2D eigenvalue weighted by molar-refractivity contribution is 0.104. The first kappa shape index (κ1) is 16.5. The summed E-state index contributed by atoms with van der Waals surface area (Å²) in [6.45, 7) is 4.36. The molecule has 0 N–H and O–H groups in total. The smallest absolute Gasteiger partial charge is 0.185 e. The van der Waals surface area contributed by atoms with Gasteiger partial charge in [-0.25, -0.2) is 0 Å². The highest BCUT2D eigenvalue weighted by atomic mass is 16.1. The number of carbonyl (C=O) groups excluding carboxylic acids is 1. The first-order valence-corrected chi connectivity index (χ1v) is 9.15. The average Bonchev–Trinajstić information content (AvgIpc) is 3.04. The molecule has 0 unspecified atom stereocenters. The lowest BCUT2D eigenvalue weighted by Crippen LogP contribution is -1.95. The number of carbonyl (C=O) groups is 1. The third-order valence-electron chi connectivity index (χ3n) is 5.11. The van der Waals surface area contributed by atoms with Gasteiger partial charge in [0.1, 0.15) is 0 Å². The van der Waals surface area contributed by atoms with Crippen LogP contribution in [0.4, 0.5) is 0 Å². The molecular formula is C25H22O. The van der Waals surface area contributed by atoms with E-state index in [1.807, 2.05) is 18.2 Å². The largest absolute Gasteiger partial charge is 0.289 e. The van der Waals surface area contributed by atoms with Crippen LogP contribution in [0.2, 0.25) is 0 Å². The molecule has 0 atom stereocenters. The van der Waals surface area contributed by atoms with E-state index < -0.39 is 0 Å². The lowest BCUT2D eigenvalue weighted by atomic mass is 10.00. The first-order chi connectivity index (χ1) is 12.6. The van der Waals surface area contributed by atoms with Crippen LogP contribution in [0.3, 0.4) is 0 Å². The zero-order valence-corrected chi connectivity index (χ0v) is 15.2. The predicted molar refractivity (Wildman–Crippen MR) is 109 cm³/mol. The number of rotatable bonds is 4. The van der Waals surface area contributed by atoms with E-state index in [0.29, 0.717) is 5.92 Å². The molecule has 0 bridgehead atoms. The Hall–Kier alpha value is -2.93. The maximum Gasteiger partial charge on any atom is 0.185 e. The van der Waals surface area contributed by atoms with Crippen LogP contribution in [0, 0.1) is 0 Å². The minimum atomic E-state index is 0.0525. The Balaban J connectivity index is 1.53. The lowest BCUT2D eigenvalue weighted by Gasteiger charge is -2.05. The van der Waals surface area contributed by atoms with Crippen LogP contribution in [0.5, 0.6) is 0 Å². The Labute approximate surface area is 155 Å². The van der Waals surface area contributed by atoms with Crippen LogP contribution in [-0.4, -0.2) is 5.78 Å². The molecule has 0 saturated carbocycles. The van der Waals surface area contributed by atoms with Crippen LogP contribution in [0.15, 0.2) is 72.8 Å². The minimum absolute atomic E-state index is 0.0525. The third kappa shape index (κ3) is 3.13. The quantitative estimate of drug-likeness (QED) is 0.316. The van der Waals surface area contributed by atoms with E-state index in [1.165, 1.54) is 27.8 Å². The summed E-state index contributed by atoms with van der Waals surface area (Å²) in [5.41, 5.74) is 8.25. The molecule has 0 aromatic heterocycles. The maximum atomic E-state index is 12.6. The highest BCUT2D eigenvalue weighted by Gasteiger charge is 2.18. The Kier molecular flexibility index (Phi) is 4.30. The molecule has 0 amide bonds. The summed E-state index contributed by atoms with van der Waals surface area (Å²) in [5, 5.41) is 0. The molecule has 0 heterocycles. The van der Waals surface area contributed by atoms with E-state index in [9.17, 15) is 4.79 Å². The van der Waals surface area contributed by atoms with Crippen molar-refractivity contribution in [3.8, 4) is 11.1 Å². The average molecular weight is 338 g/mol. The van der Waals surface area contributed by atoms with Crippen LogP contribution in [-0.2, 0) is 6.42 Å². The molecule has 3 aromatic carbocycles. The third-order valence-corrected chi connectivity index (χ3v) is 5.11. The number of allylic oxidation sites excluding steroid dienone is 1. The number of benzene rings is 3. The molecule has 1 nitrogen and oxygen atoms in total. The summed E-state index contributed by atoms with van der Waals surface area (Å²) in [7, 11) is 0. The van der Waals surface area contributed by atoms with Crippen molar-refractivity contribution in [2.24, 2.45) is 0 Å². The van der Waals surface area contributed by atoms with Crippen molar-refractivity contribution in [3.05, 3.63) is 101 Å². The van der Waals surface area contributed by atoms with Gasteiger partial charge in [0.05, 0.1) is 0 Å². The van der Waals surface area contributed by atoms with Gasteiger partial charge < -0.3 is 0 Å². The predicted octanol–water partition coefficient (Wildman–Crippen LogP) is 6.28. The number of hydrogen-bond acceptors (Lipinski definition) is 1. The molecule has 3 aromatic rings. The molecule has 0 fully saturated rings. The fourth-order valence-corrected chi connectivity index (χ4v) is 3.56. The second-order valence-electron chi connectivity index (χ2n) is 7.22. The molecule has 0 aliphatic heterocycles. The highest BCUT2D eigenvalue weighted by Crippen LogP contribution is 2.36. The molecule has 26 heavy (non-hydrogen) atoms. The van der Waals surface area contributed by atoms with E-state index >= 15 is 0 Å². The van der Waals surface area contributed by atoms with E-state index in [0.717, 1.165) is 17.5 Å². The van der Waals surface area contributed by atoms with Crippen LogP contribution in [0.25, 0.3) is 17.2 Å². The van der Waals surface area contributed by atoms with E-state index in [-0.39, 0.29) is 5.78 Å². The van der Waals surface area contributed by atoms with Crippen molar-refractivity contribution < 1.29 is 4.79 Å². The Morgan fingerprint density at radius 3 is 2.38 bits per heavy atom. The number of hydrogen-bond donors (Lipinski definition) is 0. The van der Waals surface area contributed by atoms with Crippen molar-refractivity contribution in [2.45, 2.75) is 26.2 Å². The van der Waals surface area contributed by atoms with Crippen molar-refractivity contribution in [1.82, 2.24) is 0 Å². The van der Waals surface area contributed by atoms with Gasteiger partial charge >= 0.3 is 0 Å². The van der Waals surface area contributed by atoms with Crippen LogP contribution < -0.4 is 0 Å². The Morgan fingerprint density at radius 1 is 0.885 bits per heavy atom. The maximum absolute atomic E-state index is 12.6. The monoisotopic (exact) mass is 338 g/mol. The Morgan fingerprint density at radius 2 is 1.62 bits per heavy atom. The molecule has 0 radical (unpaired) electrons. The fraction of sp³-hybridized carbons (Fsp3) is 0.160. The van der Waals surface area contributed by atoms with E-state index in [4.69, 9.17) is 0 Å². The van der Waals surface area contributed by atoms with Crippen molar-refractivity contribution in [2.75, 3.05) is 0 Å². The molecule has 1 aliphatic carbocycles. The van der Waals surface area contributed by atoms with Gasteiger partial charge in [-0.15, -0.1) is 0 Å². The summed E-state index contributed by atoms with van der Waals surface area (Å²) in [6.07, 6.45) is 4.48. The molecule has 4 rings (SSSR count). The van der Waals surface area contributed by atoms with E-state index in [2.05, 4.69) is 68.4 Å². The fourth-order valence-electron chi connectivity index (χ4n) is 3.56. The molecular weight excluding hydrogens is 316 g/mol. The zero-order chi connectivity index (χ0) is 18.1. The van der Waals surface area contributed by atoms with Gasteiger partial charge in [0, 0.05) is 5.56 Å². The zero-order valence-electron chi connectivity index (χ0n) is 15.2. The van der Waals surface area contributed by atoms with Gasteiger partial charge in [0.2, 0.25) is 0 Å². The summed E-state index contributed by atoms with van der Waals surface area (Å²) < 4.78 is 0. The van der Waals surface area contributed by atoms with Crippen molar-refractivity contribution >= 4 is 11.9 Å². The summed E-state index contributed by atoms with van der Waals surface area (Å²) >= 11 is 0. The van der Waals surface area contributed by atoms with Gasteiger partial charge in [-0.3, -0.25) is 4.79 Å². The Bertz CT molecular complexity index is 991. The first-order valence-electron chi connectivity index (χ1n) is 9.15. The van der Waals surface area contributed by atoms with Gasteiger partial charge in [0.25, 0.3) is 0 Å². The van der Waals surface area contributed by atoms with E-state index in [1.54, 1.807) is 6.08 Å². The minimum Gasteiger partial charge on any atom is -0.289 e. The molecule has 0 spiro atoms.